The number of benzene rings is 2. The second kappa shape index (κ2) is 9.83. The maximum atomic E-state index is 15.3. The standard InChI is InChI=1S/C30H20FN7OS/c31-23-14-24-22(13-21(23)18-12-19(16-32-15-18)34-26(39)11-17-5-2-1-3-6-17)28(38-37-24)30-35-27-20(25-7-4-10-40-25)8-9-33-29(27)36-30/h1-10,12-16H,11H2,(H,34,39)(H,37,38)(H,33,35,36). The average molecular weight is 546 g/mol. The van der Waals surface area contributed by atoms with E-state index in [1.54, 1.807) is 42.1 Å². The molecule has 0 unspecified atom stereocenters. The number of fused-ring (bicyclic) bond motifs is 2. The van der Waals surface area contributed by atoms with Gasteiger partial charge in [0.2, 0.25) is 5.91 Å². The van der Waals surface area contributed by atoms with Crippen LogP contribution in [0.2, 0.25) is 0 Å². The van der Waals surface area contributed by atoms with Crippen LogP contribution in [0.1, 0.15) is 5.56 Å². The number of imidazole rings is 1. The van der Waals surface area contributed by atoms with Crippen LogP contribution in [0.3, 0.4) is 0 Å². The summed E-state index contributed by atoms with van der Waals surface area (Å²) < 4.78 is 15.3. The summed E-state index contributed by atoms with van der Waals surface area (Å²) in [5, 5.41) is 12.9. The van der Waals surface area contributed by atoms with Crippen molar-refractivity contribution >= 4 is 45.0 Å². The molecule has 0 aliphatic heterocycles. The van der Waals surface area contributed by atoms with Crippen LogP contribution in [0.5, 0.6) is 0 Å². The Morgan fingerprint density at radius 3 is 2.75 bits per heavy atom. The lowest BCUT2D eigenvalue weighted by Gasteiger charge is -2.08. The summed E-state index contributed by atoms with van der Waals surface area (Å²) in [6.07, 6.45) is 5.06. The van der Waals surface area contributed by atoms with Gasteiger partial charge in [-0.15, -0.1) is 11.3 Å². The number of thiophene rings is 1. The van der Waals surface area contributed by atoms with E-state index >= 15 is 4.39 Å². The van der Waals surface area contributed by atoms with Crippen LogP contribution in [0.15, 0.2) is 90.7 Å². The third-order valence-corrected chi connectivity index (χ3v) is 7.50. The number of hydrogen-bond donors (Lipinski definition) is 3. The quantitative estimate of drug-likeness (QED) is 0.218. The first-order chi connectivity index (χ1) is 19.6. The number of anilines is 1. The first-order valence-electron chi connectivity index (χ1n) is 12.5. The van der Waals surface area contributed by atoms with Gasteiger partial charge < -0.3 is 10.3 Å². The van der Waals surface area contributed by atoms with Crippen LogP contribution < -0.4 is 5.32 Å². The number of aromatic amines is 2. The van der Waals surface area contributed by atoms with Gasteiger partial charge in [-0.2, -0.15) is 5.10 Å². The van der Waals surface area contributed by atoms with E-state index in [1.165, 1.54) is 6.07 Å². The maximum absolute atomic E-state index is 15.3. The first kappa shape index (κ1) is 23.9. The van der Waals surface area contributed by atoms with Crippen molar-refractivity contribution in [1.29, 1.82) is 0 Å². The molecular weight excluding hydrogens is 525 g/mol. The molecule has 0 bridgehead atoms. The molecule has 1 amide bonds. The monoisotopic (exact) mass is 545 g/mol. The largest absolute Gasteiger partial charge is 0.335 e. The number of pyridine rings is 2. The highest BCUT2D eigenvalue weighted by atomic mass is 32.1. The molecule has 3 N–H and O–H groups in total. The van der Waals surface area contributed by atoms with Gasteiger partial charge in [-0.05, 0) is 35.2 Å². The summed E-state index contributed by atoms with van der Waals surface area (Å²) in [6, 6.07) is 20.3. The predicted octanol–water partition coefficient (Wildman–Crippen LogP) is 6.61. The molecule has 0 saturated heterocycles. The molecule has 7 rings (SSSR count). The molecule has 0 radical (unpaired) electrons. The molecule has 8 nitrogen and oxygen atoms in total. The van der Waals surface area contributed by atoms with Crippen LogP contribution in [0.25, 0.3) is 55.2 Å². The molecule has 0 aliphatic carbocycles. The predicted molar refractivity (Wildman–Crippen MR) is 154 cm³/mol. The number of aromatic nitrogens is 6. The Morgan fingerprint density at radius 2 is 1.90 bits per heavy atom. The summed E-state index contributed by atoms with van der Waals surface area (Å²) in [6.45, 7) is 0. The zero-order chi connectivity index (χ0) is 27.1. The normalized spacial score (nSPS) is 11.3. The highest BCUT2D eigenvalue weighted by Crippen LogP contribution is 2.35. The van der Waals surface area contributed by atoms with Gasteiger partial charge in [0, 0.05) is 45.4 Å². The zero-order valence-electron chi connectivity index (χ0n) is 20.9. The number of nitrogens with one attached hydrogen (secondary N) is 3. The van der Waals surface area contributed by atoms with Crippen LogP contribution in [0.4, 0.5) is 10.1 Å². The second-order valence-corrected chi connectivity index (χ2v) is 10.2. The number of carbonyl (C=O) groups is 1. The Balaban J connectivity index is 1.24. The maximum Gasteiger partial charge on any atom is 0.228 e. The van der Waals surface area contributed by atoms with E-state index in [0.29, 0.717) is 44.9 Å². The number of nitrogens with zero attached hydrogens (tertiary/aromatic N) is 4. The number of carbonyl (C=O) groups excluding carboxylic acids is 1. The van der Waals surface area contributed by atoms with Crippen LogP contribution >= 0.6 is 11.3 Å². The van der Waals surface area contributed by atoms with Crippen LogP contribution in [-0.4, -0.2) is 36.0 Å². The van der Waals surface area contributed by atoms with Gasteiger partial charge in [0.25, 0.3) is 0 Å². The Morgan fingerprint density at radius 1 is 1.00 bits per heavy atom. The summed E-state index contributed by atoms with van der Waals surface area (Å²) in [5.41, 5.74) is 5.69. The summed E-state index contributed by atoms with van der Waals surface area (Å²) in [4.78, 5) is 30.4. The molecule has 194 valence electrons. The van der Waals surface area contributed by atoms with Gasteiger partial charge in [0.15, 0.2) is 11.5 Å². The fourth-order valence-electron chi connectivity index (χ4n) is 4.74. The van der Waals surface area contributed by atoms with Gasteiger partial charge in [-0.1, -0.05) is 36.4 Å². The molecule has 0 atom stereocenters. The number of halogens is 1. The lowest BCUT2D eigenvalue weighted by molar-refractivity contribution is -0.115. The van der Waals surface area contributed by atoms with Gasteiger partial charge in [-0.3, -0.25) is 14.9 Å². The summed E-state index contributed by atoms with van der Waals surface area (Å²) in [5.74, 6) is -0.0995. The lowest BCUT2D eigenvalue weighted by Crippen LogP contribution is -2.14. The van der Waals surface area contributed by atoms with E-state index in [-0.39, 0.29) is 12.3 Å². The highest BCUT2D eigenvalue weighted by Gasteiger charge is 2.19. The molecule has 2 aromatic carbocycles. The van der Waals surface area contributed by atoms with Crippen molar-refractivity contribution in [3.05, 3.63) is 102 Å². The molecule has 5 aromatic heterocycles. The minimum atomic E-state index is -0.441. The molecule has 0 aliphatic rings. The van der Waals surface area contributed by atoms with Gasteiger partial charge in [0.1, 0.15) is 11.5 Å². The molecule has 0 fully saturated rings. The van der Waals surface area contributed by atoms with Crippen molar-refractivity contribution < 1.29 is 9.18 Å². The molecule has 0 spiro atoms. The third-order valence-electron chi connectivity index (χ3n) is 6.59. The van der Waals surface area contributed by atoms with E-state index in [2.05, 4.69) is 35.5 Å². The minimum Gasteiger partial charge on any atom is -0.335 e. The zero-order valence-corrected chi connectivity index (χ0v) is 21.7. The fraction of sp³-hybridized carbons (Fsp3) is 0.0333. The molecule has 5 heterocycles. The molecule has 0 saturated carbocycles. The number of H-pyrrole nitrogens is 2. The molecule has 40 heavy (non-hydrogen) atoms. The number of hydrogen-bond acceptors (Lipinski definition) is 6. The Labute approximate surface area is 231 Å². The van der Waals surface area contributed by atoms with Crippen molar-refractivity contribution in [2.75, 3.05) is 5.32 Å². The third kappa shape index (κ3) is 4.40. The number of rotatable bonds is 6. The number of amides is 1. The van der Waals surface area contributed by atoms with Gasteiger partial charge in [0.05, 0.1) is 29.3 Å². The van der Waals surface area contributed by atoms with E-state index < -0.39 is 5.82 Å². The highest BCUT2D eigenvalue weighted by molar-refractivity contribution is 7.13. The van der Waals surface area contributed by atoms with Crippen molar-refractivity contribution in [2.45, 2.75) is 6.42 Å². The second-order valence-electron chi connectivity index (χ2n) is 9.24. The lowest BCUT2D eigenvalue weighted by atomic mass is 10.0. The fourth-order valence-corrected chi connectivity index (χ4v) is 5.50. The van der Waals surface area contributed by atoms with Crippen LogP contribution in [-0.2, 0) is 11.2 Å². The van der Waals surface area contributed by atoms with Crippen molar-refractivity contribution in [1.82, 2.24) is 30.1 Å². The molecular formula is C30H20FN7OS. The van der Waals surface area contributed by atoms with Gasteiger partial charge >= 0.3 is 0 Å². The average Bonchev–Trinajstić information content (AvgIpc) is 3.72. The van der Waals surface area contributed by atoms with Crippen molar-refractivity contribution in [3.8, 4) is 33.1 Å². The van der Waals surface area contributed by atoms with E-state index in [9.17, 15) is 4.79 Å². The van der Waals surface area contributed by atoms with Crippen molar-refractivity contribution in [2.24, 2.45) is 0 Å². The Kier molecular flexibility index (Phi) is 5.86. The van der Waals surface area contributed by atoms with Crippen molar-refractivity contribution in [3.63, 3.8) is 0 Å². The van der Waals surface area contributed by atoms with Crippen LogP contribution in [0, 0.1) is 5.82 Å². The Hall–Kier alpha value is -5.22. The topological polar surface area (TPSA) is 112 Å². The molecule has 7 aromatic rings. The summed E-state index contributed by atoms with van der Waals surface area (Å²) >= 11 is 1.64. The van der Waals surface area contributed by atoms with Gasteiger partial charge in [-0.25, -0.2) is 14.4 Å². The molecule has 10 heteroatoms. The van der Waals surface area contributed by atoms with E-state index in [0.717, 1.165) is 21.5 Å². The van der Waals surface area contributed by atoms with E-state index in [1.807, 2.05) is 53.9 Å². The summed E-state index contributed by atoms with van der Waals surface area (Å²) in [7, 11) is 0. The minimum absolute atomic E-state index is 0.182. The Bertz CT molecular complexity index is 2000. The SMILES string of the molecule is O=C(Cc1ccccc1)Nc1cncc(-c2cc3c(-c4nc5nccc(-c6cccs6)c5[nH]4)n[nH]c3cc2F)c1. The first-order valence-corrected chi connectivity index (χ1v) is 13.4. The van der Waals surface area contributed by atoms with E-state index in [4.69, 9.17) is 0 Å². The smallest absolute Gasteiger partial charge is 0.228 e.